The summed E-state index contributed by atoms with van der Waals surface area (Å²) in [5.41, 5.74) is 0.510. The molecule has 8 heteroatoms. The first-order valence-corrected chi connectivity index (χ1v) is 6.67. The minimum atomic E-state index is -4.12. The lowest BCUT2D eigenvalue weighted by Gasteiger charge is -2.13. The largest absolute Gasteiger partial charge is 0.480 e. The van der Waals surface area contributed by atoms with Crippen LogP contribution in [0, 0.1) is 18.3 Å². The Morgan fingerprint density at radius 3 is 2.63 bits per heavy atom. The molecule has 0 saturated carbocycles. The number of nitrogens with zero attached hydrogens (tertiary/aromatic N) is 1. The summed E-state index contributed by atoms with van der Waals surface area (Å²) in [6.45, 7) is 0.649. The molecule has 0 aliphatic rings. The van der Waals surface area contributed by atoms with Gasteiger partial charge in [0.2, 0.25) is 10.0 Å². The van der Waals surface area contributed by atoms with Crippen LogP contribution in [0.5, 0.6) is 0 Å². The van der Waals surface area contributed by atoms with E-state index in [0.717, 1.165) is 6.07 Å². The van der Waals surface area contributed by atoms with Crippen LogP contribution in [0.4, 0.5) is 0 Å². The van der Waals surface area contributed by atoms with E-state index in [2.05, 4.69) is 0 Å². The molecule has 1 aromatic rings. The summed E-state index contributed by atoms with van der Waals surface area (Å²) in [6, 6.07) is 4.22. The van der Waals surface area contributed by atoms with Gasteiger partial charge < -0.3 is 10.2 Å². The van der Waals surface area contributed by atoms with Crippen molar-refractivity contribution in [2.45, 2.75) is 17.9 Å². The van der Waals surface area contributed by atoms with Gasteiger partial charge in [0.05, 0.1) is 23.1 Å². The molecule has 1 atom stereocenters. The molecule has 0 aliphatic carbocycles. The quantitative estimate of drug-likeness (QED) is 0.674. The highest BCUT2D eigenvalue weighted by molar-refractivity contribution is 7.89. The van der Waals surface area contributed by atoms with Crippen LogP contribution in [0.1, 0.15) is 11.1 Å². The van der Waals surface area contributed by atoms with Crippen molar-refractivity contribution in [2.75, 3.05) is 6.61 Å². The van der Waals surface area contributed by atoms with E-state index in [0.29, 0.717) is 5.56 Å². The lowest BCUT2D eigenvalue weighted by molar-refractivity contribution is -0.139. The maximum atomic E-state index is 12.0. The van der Waals surface area contributed by atoms with Gasteiger partial charge in [-0.3, -0.25) is 4.79 Å². The molecule has 0 amide bonds. The highest BCUT2D eigenvalue weighted by Crippen LogP contribution is 2.17. The number of rotatable bonds is 5. The molecular formula is C11H12N2O5S. The second-order valence-corrected chi connectivity index (χ2v) is 5.47. The molecule has 19 heavy (non-hydrogen) atoms. The van der Waals surface area contributed by atoms with Gasteiger partial charge in [-0.15, -0.1) is 0 Å². The molecular weight excluding hydrogens is 272 g/mol. The van der Waals surface area contributed by atoms with E-state index >= 15 is 0 Å². The molecule has 1 aromatic carbocycles. The molecule has 0 heterocycles. The first-order chi connectivity index (χ1) is 8.81. The number of benzene rings is 1. The summed E-state index contributed by atoms with van der Waals surface area (Å²) in [4.78, 5) is 10.5. The van der Waals surface area contributed by atoms with Gasteiger partial charge in [0, 0.05) is 0 Å². The second kappa shape index (κ2) is 5.79. The Kier molecular flexibility index (Phi) is 4.61. The number of carboxylic acid groups (broad SMARTS) is 1. The average Bonchev–Trinajstić information content (AvgIpc) is 2.36. The van der Waals surface area contributed by atoms with Crippen molar-refractivity contribution in [1.82, 2.24) is 4.72 Å². The van der Waals surface area contributed by atoms with Gasteiger partial charge in [-0.2, -0.15) is 9.98 Å². The minimum absolute atomic E-state index is 0.141. The molecule has 7 nitrogen and oxygen atoms in total. The van der Waals surface area contributed by atoms with Gasteiger partial charge in [0.15, 0.2) is 0 Å². The molecule has 1 rings (SSSR count). The van der Waals surface area contributed by atoms with Crippen molar-refractivity contribution in [2.24, 2.45) is 0 Å². The molecule has 0 radical (unpaired) electrons. The van der Waals surface area contributed by atoms with E-state index in [1.807, 2.05) is 4.72 Å². The molecule has 0 spiro atoms. The average molecular weight is 284 g/mol. The topological polar surface area (TPSA) is 127 Å². The number of hydrogen-bond acceptors (Lipinski definition) is 5. The lowest BCUT2D eigenvalue weighted by Crippen LogP contribution is -2.43. The van der Waals surface area contributed by atoms with E-state index in [1.54, 1.807) is 6.07 Å². The van der Waals surface area contributed by atoms with Gasteiger partial charge >= 0.3 is 5.97 Å². The summed E-state index contributed by atoms with van der Waals surface area (Å²) in [5.74, 6) is -1.49. The van der Waals surface area contributed by atoms with Crippen molar-refractivity contribution in [3.05, 3.63) is 29.3 Å². The van der Waals surface area contributed by atoms with Gasteiger partial charge in [0.1, 0.15) is 6.04 Å². The molecule has 0 aromatic heterocycles. The van der Waals surface area contributed by atoms with Gasteiger partial charge in [-0.1, -0.05) is 6.07 Å². The maximum absolute atomic E-state index is 12.0. The highest BCUT2D eigenvalue weighted by atomic mass is 32.2. The monoisotopic (exact) mass is 284 g/mol. The molecule has 102 valence electrons. The molecule has 0 unspecified atom stereocenters. The molecule has 0 saturated heterocycles. The molecule has 3 N–H and O–H groups in total. The van der Waals surface area contributed by atoms with E-state index < -0.39 is 28.6 Å². The van der Waals surface area contributed by atoms with E-state index in [-0.39, 0.29) is 10.5 Å². The first-order valence-electron chi connectivity index (χ1n) is 5.18. The maximum Gasteiger partial charge on any atom is 0.324 e. The van der Waals surface area contributed by atoms with Crippen LogP contribution < -0.4 is 4.72 Å². The zero-order valence-corrected chi connectivity index (χ0v) is 10.8. The smallest absolute Gasteiger partial charge is 0.324 e. The fraction of sp³-hybridized carbons (Fsp3) is 0.273. The number of nitriles is 1. The van der Waals surface area contributed by atoms with E-state index in [9.17, 15) is 13.2 Å². The Morgan fingerprint density at radius 1 is 1.53 bits per heavy atom. The van der Waals surface area contributed by atoms with Crippen molar-refractivity contribution in [3.63, 3.8) is 0 Å². The highest BCUT2D eigenvalue weighted by Gasteiger charge is 2.26. The van der Waals surface area contributed by atoms with E-state index in [1.165, 1.54) is 19.1 Å². The molecule has 0 bridgehead atoms. The Labute approximate surface area is 110 Å². The predicted octanol–water partition coefficient (Wildman–Crippen LogP) is -0.410. The van der Waals surface area contributed by atoms with Crippen LogP contribution in [0.15, 0.2) is 23.1 Å². The zero-order chi connectivity index (χ0) is 14.6. The fourth-order valence-corrected chi connectivity index (χ4v) is 2.83. The third-order valence-electron chi connectivity index (χ3n) is 2.38. The summed E-state index contributed by atoms with van der Waals surface area (Å²) in [6.07, 6.45) is 0. The number of aliphatic hydroxyl groups excluding tert-OH is 1. The Hall–Kier alpha value is -1.95. The lowest BCUT2D eigenvalue weighted by atomic mass is 10.2. The van der Waals surface area contributed by atoms with Crippen LogP contribution in [-0.4, -0.2) is 37.2 Å². The van der Waals surface area contributed by atoms with Crippen molar-refractivity contribution in [3.8, 4) is 6.07 Å². The number of aryl methyl sites for hydroxylation is 1. The number of sulfonamides is 1. The number of carbonyl (C=O) groups is 1. The number of aliphatic hydroxyl groups is 1. The zero-order valence-electron chi connectivity index (χ0n) is 9.99. The predicted molar refractivity (Wildman–Crippen MR) is 64.7 cm³/mol. The summed E-state index contributed by atoms with van der Waals surface area (Å²) in [5, 5.41) is 26.3. The van der Waals surface area contributed by atoms with Crippen LogP contribution in [0.25, 0.3) is 0 Å². The van der Waals surface area contributed by atoms with Gasteiger partial charge in [-0.25, -0.2) is 8.42 Å². The van der Waals surface area contributed by atoms with Crippen molar-refractivity contribution in [1.29, 1.82) is 5.26 Å². The third kappa shape index (κ3) is 3.51. The Morgan fingerprint density at radius 2 is 2.16 bits per heavy atom. The first kappa shape index (κ1) is 15.1. The van der Waals surface area contributed by atoms with E-state index in [4.69, 9.17) is 15.5 Å². The number of carboxylic acids is 1. The van der Waals surface area contributed by atoms with Crippen molar-refractivity contribution >= 4 is 16.0 Å². The van der Waals surface area contributed by atoms with Crippen LogP contribution >= 0.6 is 0 Å². The Balaban J connectivity index is 3.21. The van der Waals surface area contributed by atoms with Gasteiger partial charge in [-0.05, 0) is 24.6 Å². The number of nitrogens with one attached hydrogen (secondary N) is 1. The van der Waals surface area contributed by atoms with Crippen LogP contribution in [-0.2, 0) is 14.8 Å². The minimum Gasteiger partial charge on any atom is -0.480 e. The summed E-state index contributed by atoms with van der Waals surface area (Å²) >= 11 is 0. The fourth-order valence-electron chi connectivity index (χ4n) is 1.38. The Bertz CT molecular complexity index is 633. The van der Waals surface area contributed by atoms with Gasteiger partial charge in [0.25, 0.3) is 0 Å². The van der Waals surface area contributed by atoms with Crippen LogP contribution in [0.3, 0.4) is 0 Å². The van der Waals surface area contributed by atoms with Crippen molar-refractivity contribution < 1.29 is 23.4 Å². The molecule has 0 aliphatic heterocycles. The SMILES string of the molecule is Cc1ccc(C#N)cc1S(=O)(=O)N[C@@H](CO)C(=O)O. The second-order valence-electron chi connectivity index (χ2n) is 3.79. The number of aliphatic carboxylic acids is 1. The van der Waals surface area contributed by atoms with Crippen LogP contribution in [0.2, 0.25) is 0 Å². The normalized spacial score (nSPS) is 12.7. The third-order valence-corrected chi connectivity index (χ3v) is 4.00. The standard InChI is InChI=1S/C11H12N2O5S/c1-7-2-3-8(5-12)4-10(7)19(17,18)13-9(6-14)11(15)16/h2-4,9,13-14H,6H2,1H3,(H,15,16)/t9-/m0/s1. The summed E-state index contributed by atoms with van der Waals surface area (Å²) in [7, 11) is -4.12. The number of hydrogen-bond donors (Lipinski definition) is 3. The molecule has 0 fully saturated rings. The summed E-state index contributed by atoms with van der Waals surface area (Å²) < 4.78 is 25.9.